The average molecular weight is 399 g/mol. The number of nitrogens with one attached hydrogen (secondary N) is 2. The summed E-state index contributed by atoms with van der Waals surface area (Å²) in [7, 11) is 0. The minimum Gasteiger partial charge on any atom is -0.456 e. The zero-order chi connectivity index (χ0) is 19.5. The molecular formula is C19H19ClN6O2. The van der Waals surface area contributed by atoms with Crippen molar-refractivity contribution in [3.63, 3.8) is 0 Å². The lowest BCUT2D eigenvalue weighted by molar-refractivity contribution is 0.102. The molecule has 3 heterocycles. The number of amides is 1. The highest BCUT2D eigenvalue weighted by Crippen LogP contribution is 2.31. The lowest BCUT2D eigenvalue weighted by Gasteiger charge is -2.11. The molecule has 1 fully saturated rings. The van der Waals surface area contributed by atoms with E-state index in [1.807, 2.05) is 11.6 Å². The molecule has 2 N–H and O–H groups in total. The van der Waals surface area contributed by atoms with Gasteiger partial charge in [0.05, 0.1) is 16.8 Å². The van der Waals surface area contributed by atoms with E-state index in [9.17, 15) is 4.79 Å². The Bertz CT molecular complexity index is 985. The van der Waals surface area contributed by atoms with Crippen molar-refractivity contribution in [3.8, 4) is 11.5 Å². The number of ether oxygens (including phenoxy) is 1. The largest absolute Gasteiger partial charge is 0.456 e. The number of hydrogen-bond acceptors (Lipinski definition) is 6. The highest BCUT2D eigenvalue weighted by molar-refractivity contribution is 6.32. The molecular weight excluding hydrogens is 380 g/mol. The molecule has 1 aliphatic rings. The van der Waals surface area contributed by atoms with E-state index in [0.29, 0.717) is 27.9 Å². The number of hydrogen-bond donors (Lipinski definition) is 2. The van der Waals surface area contributed by atoms with Gasteiger partial charge in [0.15, 0.2) is 5.69 Å². The zero-order valence-electron chi connectivity index (χ0n) is 15.2. The molecule has 144 valence electrons. The third-order valence-corrected chi connectivity index (χ3v) is 4.89. The minimum atomic E-state index is -0.325. The Morgan fingerprint density at radius 2 is 2.14 bits per heavy atom. The van der Waals surface area contributed by atoms with Crippen molar-refractivity contribution in [1.29, 1.82) is 0 Å². The first kappa shape index (κ1) is 18.4. The molecule has 3 aromatic rings. The zero-order valence-corrected chi connectivity index (χ0v) is 16.0. The van der Waals surface area contributed by atoms with E-state index in [1.54, 1.807) is 42.7 Å². The number of carbonyl (C=O) groups excluding carboxylic acids is 1. The smallest absolute Gasteiger partial charge is 0.278 e. The number of benzene rings is 1. The second-order valence-electron chi connectivity index (χ2n) is 6.50. The molecule has 1 amide bonds. The van der Waals surface area contributed by atoms with Crippen LogP contribution in [0.5, 0.6) is 11.5 Å². The van der Waals surface area contributed by atoms with Gasteiger partial charge in [-0.3, -0.25) is 9.78 Å². The molecule has 28 heavy (non-hydrogen) atoms. The maximum absolute atomic E-state index is 12.6. The highest BCUT2D eigenvalue weighted by Gasteiger charge is 2.24. The number of aromatic nitrogens is 4. The summed E-state index contributed by atoms with van der Waals surface area (Å²) in [5.41, 5.74) is 1.60. The quantitative estimate of drug-likeness (QED) is 0.685. The van der Waals surface area contributed by atoms with Gasteiger partial charge in [-0.15, -0.1) is 5.10 Å². The molecule has 2 aromatic heterocycles. The van der Waals surface area contributed by atoms with E-state index in [2.05, 4.69) is 25.9 Å². The predicted octanol–water partition coefficient (Wildman–Crippen LogP) is 3.21. The fourth-order valence-corrected chi connectivity index (χ4v) is 3.35. The Balaban J connectivity index is 1.47. The lowest BCUT2D eigenvalue weighted by Crippen LogP contribution is -2.17. The number of anilines is 1. The summed E-state index contributed by atoms with van der Waals surface area (Å²) in [6.07, 6.45) is 4.24. The van der Waals surface area contributed by atoms with Crippen LogP contribution in [0.3, 0.4) is 0 Å². The normalized spacial score (nSPS) is 16.1. The standard InChI is InChI=1S/C19H19ClN6O2/c1-12-18(24-25-26(12)14-4-7-22-11-14)19(27)23-13-2-3-17(16(20)10-13)28-15-5-8-21-9-6-15/h2-3,5-6,8-10,14,22H,4,7,11H2,1H3,(H,23,27). The first-order valence-electron chi connectivity index (χ1n) is 8.93. The van der Waals surface area contributed by atoms with E-state index in [-0.39, 0.29) is 11.9 Å². The van der Waals surface area contributed by atoms with Crippen LogP contribution in [0.2, 0.25) is 5.02 Å². The molecule has 0 spiro atoms. The van der Waals surface area contributed by atoms with Crippen LogP contribution < -0.4 is 15.4 Å². The van der Waals surface area contributed by atoms with E-state index in [1.165, 1.54) is 0 Å². The topological polar surface area (TPSA) is 94.0 Å². The molecule has 8 nitrogen and oxygen atoms in total. The van der Waals surface area contributed by atoms with E-state index < -0.39 is 0 Å². The predicted molar refractivity (Wildman–Crippen MR) is 105 cm³/mol. The number of halogens is 1. The Morgan fingerprint density at radius 1 is 1.32 bits per heavy atom. The molecule has 0 bridgehead atoms. The van der Waals surface area contributed by atoms with Crippen LogP contribution in [0.4, 0.5) is 5.69 Å². The van der Waals surface area contributed by atoms with Crippen LogP contribution in [0.1, 0.15) is 28.6 Å². The summed E-state index contributed by atoms with van der Waals surface area (Å²) in [4.78, 5) is 16.6. The van der Waals surface area contributed by atoms with Crippen molar-refractivity contribution in [3.05, 3.63) is 59.1 Å². The second kappa shape index (κ2) is 7.95. The molecule has 0 saturated carbocycles. The summed E-state index contributed by atoms with van der Waals surface area (Å²) in [6.45, 7) is 3.63. The minimum absolute atomic E-state index is 0.230. The van der Waals surface area contributed by atoms with Crippen LogP contribution in [-0.4, -0.2) is 39.0 Å². The van der Waals surface area contributed by atoms with Gasteiger partial charge in [-0.2, -0.15) is 0 Å². The third kappa shape index (κ3) is 3.83. The summed E-state index contributed by atoms with van der Waals surface area (Å²) >= 11 is 6.30. The van der Waals surface area contributed by atoms with Gasteiger partial charge in [-0.1, -0.05) is 16.8 Å². The molecule has 1 unspecified atom stereocenters. The van der Waals surface area contributed by atoms with Gasteiger partial charge in [-0.25, -0.2) is 4.68 Å². The van der Waals surface area contributed by atoms with Crippen molar-refractivity contribution in [2.45, 2.75) is 19.4 Å². The summed E-state index contributed by atoms with van der Waals surface area (Å²) < 4.78 is 7.53. The fraction of sp³-hybridized carbons (Fsp3) is 0.263. The second-order valence-corrected chi connectivity index (χ2v) is 6.91. The van der Waals surface area contributed by atoms with Crippen LogP contribution >= 0.6 is 11.6 Å². The van der Waals surface area contributed by atoms with Crippen LogP contribution in [0.15, 0.2) is 42.7 Å². The van der Waals surface area contributed by atoms with Gasteiger partial charge in [0.1, 0.15) is 11.5 Å². The Hall–Kier alpha value is -2.97. The molecule has 1 atom stereocenters. The highest BCUT2D eigenvalue weighted by atomic mass is 35.5. The van der Waals surface area contributed by atoms with Crippen LogP contribution in [0, 0.1) is 6.92 Å². The van der Waals surface area contributed by atoms with Gasteiger partial charge in [0, 0.05) is 24.6 Å². The van der Waals surface area contributed by atoms with Crippen molar-refractivity contribution in [2.75, 3.05) is 18.4 Å². The van der Waals surface area contributed by atoms with Crippen LogP contribution in [0.25, 0.3) is 0 Å². The van der Waals surface area contributed by atoms with Gasteiger partial charge in [-0.05, 0) is 50.2 Å². The molecule has 1 saturated heterocycles. The fourth-order valence-electron chi connectivity index (χ4n) is 3.13. The SMILES string of the molecule is Cc1c(C(=O)Nc2ccc(Oc3ccncc3)c(Cl)c2)nnn1C1CCNC1. The van der Waals surface area contributed by atoms with Crippen molar-refractivity contribution >= 4 is 23.2 Å². The molecule has 0 radical (unpaired) electrons. The maximum Gasteiger partial charge on any atom is 0.278 e. The third-order valence-electron chi connectivity index (χ3n) is 4.59. The number of carbonyl (C=O) groups is 1. The van der Waals surface area contributed by atoms with Gasteiger partial charge in [0.25, 0.3) is 5.91 Å². The molecule has 0 aliphatic carbocycles. The van der Waals surface area contributed by atoms with Crippen molar-refractivity contribution in [1.82, 2.24) is 25.3 Å². The average Bonchev–Trinajstić information content (AvgIpc) is 3.34. The molecule has 4 rings (SSSR count). The summed E-state index contributed by atoms with van der Waals surface area (Å²) in [6, 6.07) is 8.76. The summed E-state index contributed by atoms with van der Waals surface area (Å²) in [5.74, 6) is 0.789. The Kier molecular flexibility index (Phi) is 5.23. The van der Waals surface area contributed by atoms with E-state index in [4.69, 9.17) is 16.3 Å². The van der Waals surface area contributed by atoms with Crippen molar-refractivity contribution in [2.24, 2.45) is 0 Å². The summed E-state index contributed by atoms with van der Waals surface area (Å²) in [5, 5.41) is 14.7. The number of pyridine rings is 1. The van der Waals surface area contributed by atoms with Gasteiger partial charge < -0.3 is 15.4 Å². The first-order chi connectivity index (χ1) is 13.6. The first-order valence-corrected chi connectivity index (χ1v) is 9.31. The molecule has 1 aromatic carbocycles. The maximum atomic E-state index is 12.6. The van der Waals surface area contributed by atoms with Gasteiger partial charge in [0.2, 0.25) is 0 Å². The lowest BCUT2D eigenvalue weighted by atomic mass is 10.2. The Morgan fingerprint density at radius 3 is 2.86 bits per heavy atom. The van der Waals surface area contributed by atoms with E-state index >= 15 is 0 Å². The number of rotatable bonds is 5. The Labute approximate surface area is 166 Å². The van der Waals surface area contributed by atoms with Crippen molar-refractivity contribution < 1.29 is 9.53 Å². The van der Waals surface area contributed by atoms with Crippen LogP contribution in [-0.2, 0) is 0 Å². The van der Waals surface area contributed by atoms with E-state index in [0.717, 1.165) is 25.2 Å². The monoisotopic (exact) mass is 398 g/mol. The molecule has 9 heteroatoms. The molecule has 1 aliphatic heterocycles. The number of nitrogens with zero attached hydrogens (tertiary/aromatic N) is 4. The van der Waals surface area contributed by atoms with Gasteiger partial charge >= 0.3 is 0 Å².